The highest BCUT2D eigenvalue weighted by molar-refractivity contribution is 5.10. The molecule has 15 heavy (non-hydrogen) atoms. The van der Waals surface area contributed by atoms with Gasteiger partial charge in [0.15, 0.2) is 0 Å². The molecule has 0 unspecified atom stereocenters. The first-order valence-electron chi connectivity index (χ1n) is 6.35. The van der Waals surface area contributed by atoms with Crippen LogP contribution in [0.4, 0.5) is 0 Å². The molecule has 1 N–H and O–H groups in total. The van der Waals surface area contributed by atoms with Crippen LogP contribution in [0.5, 0.6) is 0 Å². The van der Waals surface area contributed by atoms with E-state index in [1.54, 1.807) is 0 Å². The molecule has 0 aliphatic heterocycles. The van der Waals surface area contributed by atoms with E-state index in [-0.39, 0.29) is 11.0 Å². The van der Waals surface area contributed by atoms with Crippen molar-refractivity contribution in [3.8, 4) is 0 Å². The van der Waals surface area contributed by atoms with Crippen molar-refractivity contribution in [1.82, 2.24) is 5.32 Å². The highest BCUT2D eigenvalue weighted by atomic mass is 15.0. The molecule has 0 fully saturated rings. The van der Waals surface area contributed by atoms with Crippen LogP contribution in [0.3, 0.4) is 0 Å². The van der Waals surface area contributed by atoms with Gasteiger partial charge in [0, 0.05) is 16.7 Å². The molecule has 0 amide bonds. The molecule has 0 heterocycles. The zero-order valence-corrected chi connectivity index (χ0v) is 11.5. The van der Waals surface area contributed by atoms with Crippen LogP contribution in [-0.2, 0) is 0 Å². The van der Waals surface area contributed by atoms with Crippen molar-refractivity contribution in [3.63, 3.8) is 0 Å². The maximum atomic E-state index is 4.26. The quantitative estimate of drug-likeness (QED) is 0.654. The number of hydrogen-bond acceptors (Lipinski definition) is 1. The summed E-state index contributed by atoms with van der Waals surface area (Å²) in [7, 11) is 0. The molecular weight excluding hydrogens is 182 g/mol. The van der Waals surface area contributed by atoms with Crippen molar-refractivity contribution in [3.05, 3.63) is 12.3 Å². The van der Waals surface area contributed by atoms with E-state index in [1.165, 1.54) is 25.0 Å². The summed E-state index contributed by atoms with van der Waals surface area (Å²) in [5.41, 5.74) is 1.68. The Kier molecular flexibility index (Phi) is 5.41. The van der Waals surface area contributed by atoms with E-state index in [0.29, 0.717) is 0 Å². The average Bonchev–Trinajstić information content (AvgIpc) is 2.21. The average molecular weight is 211 g/mol. The summed E-state index contributed by atoms with van der Waals surface area (Å²) in [6, 6.07) is 0. The van der Waals surface area contributed by atoms with Crippen LogP contribution in [0.15, 0.2) is 12.3 Å². The Morgan fingerprint density at radius 2 is 1.33 bits per heavy atom. The van der Waals surface area contributed by atoms with Gasteiger partial charge in [-0.1, -0.05) is 34.3 Å². The van der Waals surface area contributed by atoms with Crippen molar-refractivity contribution in [2.24, 2.45) is 5.41 Å². The first-order valence-corrected chi connectivity index (χ1v) is 6.35. The van der Waals surface area contributed by atoms with Crippen molar-refractivity contribution in [2.75, 3.05) is 0 Å². The summed E-state index contributed by atoms with van der Waals surface area (Å²) >= 11 is 0. The van der Waals surface area contributed by atoms with E-state index in [1.807, 2.05) is 0 Å². The second-order valence-electron chi connectivity index (χ2n) is 5.18. The third kappa shape index (κ3) is 3.55. The molecule has 0 bridgehead atoms. The number of allylic oxidation sites excluding steroid dienone is 1. The number of nitrogens with one attached hydrogen (secondary N) is 1. The predicted molar refractivity (Wildman–Crippen MR) is 70.0 cm³/mol. The third-order valence-electron chi connectivity index (χ3n) is 4.04. The van der Waals surface area contributed by atoms with E-state index in [0.717, 1.165) is 6.42 Å². The minimum Gasteiger partial charge on any atom is -0.383 e. The van der Waals surface area contributed by atoms with Gasteiger partial charge in [-0.2, -0.15) is 0 Å². The second kappa shape index (κ2) is 5.58. The Morgan fingerprint density at radius 1 is 0.933 bits per heavy atom. The Bertz CT molecular complexity index is 191. The smallest absolute Gasteiger partial charge is 0.0312 e. The Morgan fingerprint density at radius 3 is 1.60 bits per heavy atom. The van der Waals surface area contributed by atoms with Crippen molar-refractivity contribution in [2.45, 2.75) is 72.8 Å². The largest absolute Gasteiger partial charge is 0.383 e. The molecule has 90 valence electrons. The Labute approximate surface area is 96.3 Å². The van der Waals surface area contributed by atoms with E-state index in [4.69, 9.17) is 0 Å². The number of rotatable bonds is 7. The zero-order chi connectivity index (χ0) is 12.1. The van der Waals surface area contributed by atoms with Crippen molar-refractivity contribution < 1.29 is 0 Å². The number of hydrogen-bond donors (Lipinski definition) is 1. The Hall–Kier alpha value is -0.460. The SMILES string of the molecule is C=C(NC(C)(C)CC)C(CC)(CC)CC. The van der Waals surface area contributed by atoms with Crippen LogP contribution in [0.2, 0.25) is 0 Å². The molecule has 0 saturated heterocycles. The lowest BCUT2D eigenvalue weighted by Crippen LogP contribution is -2.42. The van der Waals surface area contributed by atoms with Gasteiger partial charge in [-0.05, 0) is 39.5 Å². The van der Waals surface area contributed by atoms with Crippen LogP contribution in [0, 0.1) is 5.41 Å². The molecule has 0 saturated carbocycles. The summed E-state index contributed by atoms with van der Waals surface area (Å²) in [4.78, 5) is 0. The molecule has 0 atom stereocenters. The molecular formula is C14H29N. The molecule has 0 aliphatic rings. The fourth-order valence-electron chi connectivity index (χ4n) is 2.02. The van der Waals surface area contributed by atoms with Crippen molar-refractivity contribution >= 4 is 0 Å². The Balaban J connectivity index is 4.67. The van der Waals surface area contributed by atoms with Crippen LogP contribution in [0.25, 0.3) is 0 Å². The minimum absolute atomic E-state index is 0.168. The van der Waals surface area contributed by atoms with Crippen LogP contribution in [-0.4, -0.2) is 5.54 Å². The van der Waals surface area contributed by atoms with E-state index in [2.05, 4.69) is 53.4 Å². The van der Waals surface area contributed by atoms with Crippen LogP contribution in [0.1, 0.15) is 67.2 Å². The predicted octanol–water partition coefficient (Wildman–Crippen LogP) is 4.49. The highest BCUT2D eigenvalue weighted by Crippen LogP contribution is 2.37. The standard InChI is InChI=1S/C14H29N/c1-8-13(6,7)15-12(5)14(9-2,10-3)11-4/h15H,5,8-11H2,1-4,6-7H3. The maximum absolute atomic E-state index is 4.26. The molecule has 0 spiro atoms. The lowest BCUT2D eigenvalue weighted by Gasteiger charge is -2.38. The molecule has 0 aromatic carbocycles. The van der Waals surface area contributed by atoms with Crippen LogP contribution >= 0.6 is 0 Å². The van der Waals surface area contributed by atoms with Crippen LogP contribution < -0.4 is 5.32 Å². The van der Waals surface area contributed by atoms with E-state index < -0.39 is 0 Å². The lowest BCUT2D eigenvalue weighted by molar-refractivity contribution is 0.265. The summed E-state index contributed by atoms with van der Waals surface area (Å²) < 4.78 is 0. The molecule has 0 aromatic heterocycles. The van der Waals surface area contributed by atoms with Crippen molar-refractivity contribution in [1.29, 1.82) is 0 Å². The maximum Gasteiger partial charge on any atom is 0.0312 e. The first-order chi connectivity index (χ1) is 6.87. The molecule has 0 radical (unpaired) electrons. The van der Waals surface area contributed by atoms with Gasteiger partial charge in [0.25, 0.3) is 0 Å². The first kappa shape index (κ1) is 14.5. The normalized spacial score (nSPS) is 12.7. The topological polar surface area (TPSA) is 12.0 Å². The van der Waals surface area contributed by atoms with Gasteiger partial charge in [-0.15, -0.1) is 0 Å². The summed E-state index contributed by atoms with van der Waals surface area (Å²) in [5, 5.41) is 3.61. The fraction of sp³-hybridized carbons (Fsp3) is 0.857. The van der Waals surface area contributed by atoms with Gasteiger partial charge in [0.2, 0.25) is 0 Å². The summed E-state index contributed by atoms with van der Waals surface area (Å²) in [6.45, 7) is 17.7. The third-order valence-corrected chi connectivity index (χ3v) is 4.04. The molecule has 0 aliphatic carbocycles. The van der Waals surface area contributed by atoms with E-state index in [9.17, 15) is 0 Å². The van der Waals surface area contributed by atoms with Gasteiger partial charge in [0.1, 0.15) is 0 Å². The van der Waals surface area contributed by atoms with Gasteiger partial charge in [-0.25, -0.2) is 0 Å². The van der Waals surface area contributed by atoms with Gasteiger partial charge >= 0.3 is 0 Å². The monoisotopic (exact) mass is 211 g/mol. The molecule has 0 rings (SSSR count). The zero-order valence-electron chi connectivity index (χ0n) is 11.5. The summed E-state index contributed by atoms with van der Waals surface area (Å²) in [5.74, 6) is 0. The van der Waals surface area contributed by atoms with E-state index >= 15 is 0 Å². The minimum atomic E-state index is 0.168. The molecule has 1 heteroatoms. The fourth-order valence-corrected chi connectivity index (χ4v) is 2.02. The highest BCUT2D eigenvalue weighted by Gasteiger charge is 2.30. The summed E-state index contributed by atoms with van der Waals surface area (Å²) in [6.07, 6.45) is 4.64. The van der Waals surface area contributed by atoms with Gasteiger partial charge in [-0.3, -0.25) is 0 Å². The second-order valence-corrected chi connectivity index (χ2v) is 5.18. The molecule has 0 aromatic rings. The van der Waals surface area contributed by atoms with Gasteiger partial charge < -0.3 is 5.32 Å². The van der Waals surface area contributed by atoms with Gasteiger partial charge in [0.05, 0.1) is 0 Å². The lowest BCUT2D eigenvalue weighted by atomic mass is 9.76. The molecule has 1 nitrogen and oxygen atoms in total.